The zero-order chi connectivity index (χ0) is 26.3. The third-order valence-corrected chi connectivity index (χ3v) is 7.62. The first-order valence-electron chi connectivity index (χ1n) is 13.4. The number of hydrogen-bond donors (Lipinski definition) is 3. The number of amides is 3. The van der Waals surface area contributed by atoms with Crippen LogP contribution in [-0.2, 0) is 14.4 Å². The molecular weight excluding hydrogens is 456 g/mol. The summed E-state index contributed by atoms with van der Waals surface area (Å²) < 4.78 is 0. The van der Waals surface area contributed by atoms with Crippen molar-refractivity contribution in [2.24, 2.45) is 17.3 Å². The second-order valence-electron chi connectivity index (χ2n) is 11.7. The summed E-state index contributed by atoms with van der Waals surface area (Å²) in [6, 6.07) is 7.96. The highest BCUT2D eigenvalue weighted by Gasteiger charge is 2.38. The average molecular weight is 501 g/mol. The molecule has 8 heteroatoms. The van der Waals surface area contributed by atoms with Gasteiger partial charge in [-0.2, -0.15) is 0 Å². The van der Waals surface area contributed by atoms with Gasteiger partial charge in [0, 0.05) is 24.8 Å². The van der Waals surface area contributed by atoms with E-state index in [9.17, 15) is 19.6 Å². The summed E-state index contributed by atoms with van der Waals surface area (Å²) in [6.07, 6.45) is 7.03. The van der Waals surface area contributed by atoms with E-state index in [0.29, 0.717) is 42.9 Å². The fourth-order valence-corrected chi connectivity index (χ4v) is 5.40. The molecule has 2 fully saturated rings. The van der Waals surface area contributed by atoms with Crippen LogP contribution in [0.15, 0.2) is 24.3 Å². The molecule has 1 aliphatic carbocycles. The Labute approximate surface area is 215 Å². The molecule has 1 saturated carbocycles. The highest BCUT2D eigenvalue weighted by molar-refractivity contribution is 5.89. The van der Waals surface area contributed by atoms with Crippen LogP contribution in [0.25, 0.3) is 0 Å². The highest BCUT2D eigenvalue weighted by Crippen LogP contribution is 2.31. The van der Waals surface area contributed by atoms with E-state index in [0.717, 1.165) is 44.2 Å². The van der Waals surface area contributed by atoms with Crippen molar-refractivity contribution in [2.45, 2.75) is 84.7 Å². The third-order valence-electron chi connectivity index (χ3n) is 7.62. The summed E-state index contributed by atoms with van der Waals surface area (Å²) in [5, 5.41) is 16.9. The van der Waals surface area contributed by atoms with Crippen LogP contribution in [0, 0.1) is 24.2 Å². The van der Waals surface area contributed by atoms with Crippen LogP contribution in [0.2, 0.25) is 0 Å². The number of nitrogens with zero attached hydrogens (tertiary/aromatic N) is 2. The van der Waals surface area contributed by atoms with Crippen LogP contribution in [0.1, 0.15) is 71.3 Å². The molecule has 1 heterocycles. The van der Waals surface area contributed by atoms with E-state index < -0.39 is 17.4 Å². The smallest absolute Gasteiger partial charge is 0.245 e. The maximum absolute atomic E-state index is 13.6. The molecule has 2 aliphatic rings. The maximum atomic E-state index is 13.6. The lowest BCUT2D eigenvalue weighted by Gasteiger charge is -2.39. The SMILES string of the molecule is Cc1ccc(NC2CCN(C(=O)[C@@H](NC(=O)[C@H](CC3CCCC3)CN(O)C=O)C(C)(C)C)CC2)cc1. The van der Waals surface area contributed by atoms with Gasteiger partial charge in [0.05, 0.1) is 12.5 Å². The summed E-state index contributed by atoms with van der Waals surface area (Å²) >= 11 is 0. The van der Waals surface area contributed by atoms with E-state index in [-0.39, 0.29) is 18.4 Å². The van der Waals surface area contributed by atoms with Gasteiger partial charge in [0.15, 0.2) is 0 Å². The molecule has 1 aliphatic heterocycles. The quantitative estimate of drug-likeness (QED) is 0.256. The predicted octanol–water partition coefficient (Wildman–Crippen LogP) is 3.97. The van der Waals surface area contributed by atoms with Gasteiger partial charge < -0.3 is 15.5 Å². The van der Waals surface area contributed by atoms with E-state index in [1.54, 1.807) is 0 Å². The molecule has 0 radical (unpaired) electrons. The number of anilines is 1. The summed E-state index contributed by atoms with van der Waals surface area (Å²) in [5.74, 6) is -0.484. The lowest BCUT2D eigenvalue weighted by molar-refractivity contribution is -0.156. The van der Waals surface area contributed by atoms with Gasteiger partial charge in [0.25, 0.3) is 0 Å². The predicted molar refractivity (Wildman–Crippen MR) is 140 cm³/mol. The molecule has 2 atom stereocenters. The van der Waals surface area contributed by atoms with Gasteiger partial charge in [0.2, 0.25) is 18.2 Å². The van der Waals surface area contributed by atoms with E-state index >= 15 is 0 Å². The van der Waals surface area contributed by atoms with Crippen molar-refractivity contribution in [2.75, 3.05) is 25.0 Å². The average Bonchev–Trinajstić information content (AvgIpc) is 3.36. The van der Waals surface area contributed by atoms with Gasteiger partial charge in [-0.15, -0.1) is 0 Å². The number of nitrogens with one attached hydrogen (secondary N) is 2. The number of rotatable bonds is 10. The van der Waals surface area contributed by atoms with Gasteiger partial charge >= 0.3 is 0 Å². The van der Waals surface area contributed by atoms with Gasteiger partial charge in [-0.25, -0.2) is 5.06 Å². The first-order valence-corrected chi connectivity index (χ1v) is 13.4. The zero-order valence-corrected chi connectivity index (χ0v) is 22.3. The van der Waals surface area contributed by atoms with Gasteiger partial charge in [-0.3, -0.25) is 19.6 Å². The van der Waals surface area contributed by atoms with Gasteiger partial charge in [-0.1, -0.05) is 64.2 Å². The Kier molecular flexibility index (Phi) is 9.77. The minimum absolute atomic E-state index is 0.0625. The van der Waals surface area contributed by atoms with Crippen LogP contribution in [-0.4, -0.2) is 65.1 Å². The Bertz CT molecular complexity index is 869. The van der Waals surface area contributed by atoms with Crippen LogP contribution < -0.4 is 10.6 Å². The number of hydroxylamine groups is 2. The van der Waals surface area contributed by atoms with Gasteiger partial charge in [-0.05, 0) is 49.7 Å². The number of hydrogen-bond acceptors (Lipinski definition) is 5. The zero-order valence-electron chi connectivity index (χ0n) is 22.3. The minimum Gasteiger partial charge on any atom is -0.382 e. The molecule has 0 bridgehead atoms. The van der Waals surface area contributed by atoms with Crippen LogP contribution in [0.5, 0.6) is 0 Å². The lowest BCUT2D eigenvalue weighted by Crippen LogP contribution is -2.58. The van der Waals surface area contributed by atoms with E-state index in [2.05, 4.69) is 41.8 Å². The van der Waals surface area contributed by atoms with Gasteiger partial charge in [0.1, 0.15) is 6.04 Å². The molecule has 1 aromatic rings. The van der Waals surface area contributed by atoms with Crippen molar-refractivity contribution in [1.82, 2.24) is 15.3 Å². The summed E-state index contributed by atoms with van der Waals surface area (Å²) in [4.78, 5) is 39.9. The van der Waals surface area contributed by atoms with Crippen molar-refractivity contribution in [3.63, 3.8) is 0 Å². The largest absolute Gasteiger partial charge is 0.382 e. The summed E-state index contributed by atoms with van der Waals surface area (Å²) in [7, 11) is 0. The number of aryl methyl sites for hydroxylation is 1. The molecule has 8 nitrogen and oxygen atoms in total. The fourth-order valence-electron chi connectivity index (χ4n) is 5.40. The molecule has 0 spiro atoms. The first-order chi connectivity index (χ1) is 17.1. The molecular formula is C28H44N4O4. The van der Waals surface area contributed by atoms with Crippen molar-refractivity contribution < 1.29 is 19.6 Å². The van der Waals surface area contributed by atoms with Crippen molar-refractivity contribution in [3.05, 3.63) is 29.8 Å². The van der Waals surface area contributed by atoms with Crippen molar-refractivity contribution in [3.8, 4) is 0 Å². The molecule has 1 aromatic carbocycles. The van der Waals surface area contributed by atoms with E-state index in [4.69, 9.17) is 0 Å². The summed E-state index contributed by atoms with van der Waals surface area (Å²) in [6.45, 7) is 9.13. The van der Waals surface area contributed by atoms with Crippen LogP contribution in [0.3, 0.4) is 0 Å². The molecule has 200 valence electrons. The maximum Gasteiger partial charge on any atom is 0.245 e. The third kappa shape index (κ3) is 7.95. The normalized spacial score (nSPS) is 19.0. The summed E-state index contributed by atoms with van der Waals surface area (Å²) in [5.41, 5.74) is 1.83. The Morgan fingerprint density at radius 1 is 1.11 bits per heavy atom. The Morgan fingerprint density at radius 3 is 2.28 bits per heavy atom. The Hall–Kier alpha value is -2.61. The molecule has 3 rings (SSSR count). The van der Waals surface area contributed by atoms with Crippen molar-refractivity contribution >= 4 is 23.9 Å². The Morgan fingerprint density at radius 2 is 1.72 bits per heavy atom. The molecule has 36 heavy (non-hydrogen) atoms. The fraction of sp³-hybridized carbons (Fsp3) is 0.679. The van der Waals surface area contributed by atoms with E-state index in [1.807, 2.05) is 25.7 Å². The Balaban J connectivity index is 1.61. The number of piperidine rings is 1. The molecule has 0 unspecified atom stereocenters. The molecule has 3 N–H and O–H groups in total. The van der Waals surface area contributed by atoms with Crippen LogP contribution in [0.4, 0.5) is 5.69 Å². The lowest BCUT2D eigenvalue weighted by atomic mass is 9.84. The molecule has 1 saturated heterocycles. The van der Waals surface area contributed by atoms with E-state index in [1.165, 1.54) is 5.56 Å². The molecule has 3 amide bonds. The van der Waals surface area contributed by atoms with Crippen LogP contribution >= 0.6 is 0 Å². The number of carbonyl (C=O) groups excluding carboxylic acids is 3. The minimum atomic E-state index is -0.680. The monoisotopic (exact) mass is 500 g/mol. The highest BCUT2D eigenvalue weighted by atomic mass is 16.5. The number of benzene rings is 1. The topological polar surface area (TPSA) is 102 Å². The molecule has 0 aromatic heterocycles. The first kappa shape index (κ1) is 28.0. The number of carbonyl (C=O) groups is 3. The second-order valence-corrected chi connectivity index (χ2v) is 11.7. The van der Waals surface area contributed by atoms with Crippen molar-refractivity contribution in [1.29, 1.82) is 0 Å². The second kappa shape index (κ2) is 12.6. The standard InChI is InChI=1S/C28H44N4O4/c1-20-9-11-23(12-10-20)29-24-13-15-31(16-14-24)27(35)25(28(2,3)4)30-26(34)22(18-32(36)19-33)17-21-7-5-6-8-21/h9-12,19,21-22,24-25,29,36H,5-8,13-18H2,1-4H3,(H,30,34)/t22-,25-/m1/s1. The number of likely N-dealkylation sites (tertiary alicyclic amines) is 1.